The van der Waals surface area contributed by atoms with E-state index in [1.165, 1.54) is 4.68 Å². The third kappa shape index (κ3) is 3.20. The van der Waals surface area contributed by atoms with Crippen molar-refractivity contribution < 1.29 is 4.74 Å². The fraction of sp³-hybridized carbons (Fsp3) is 0.333. The molecule has 0 atom stereocenters. The average Bonchev–Trinajstić information content (AvgIpc) is 2.48. The molecule has 0 aliphatic rings. The minimum absolute atomic E-state index is 0.161. The Bertz CT molecular complexity index is 635. The third-order valence-electron chi connectivity index (χ3n) is 2.90. The molecule has 0 N–H and O–H groups in total. The second kappa shape index (κ2) is 6.57. The first-order chi connectivity index (χ1) is 9.65. The molecule has 0 bridgehead atoms. The predicted octanol–water partition coefficient (Wildman–Crippen LogP) is 2.97. The number of aryl methyl sites for hydroxylation is 1. The summed E-state index contributed by atoms with van der Waals surface area (Å²) in [6, 6.07) is 9.39. The summed E-state index contributed by atoms with van der Waals surface area (Å²) in [6.45, 7) is 2.77. The molecule has 106 valence electrons. The molecule has 0 unspecified atom stereocenters. The van der Waals surface area contributed by atoms with Crippen LogP contribution in [0.1, 0.15) is 18.9 Å². The molecule has 0 amide bonds. The lowest BCUT2D eigenvalue weighted by Gasteiger charge is -2.08. The van der Waals surface area contributed by atoms with Crippen LogP contribution in [0.4, 0.5) is 0 Å². The lowest BCUT2D eigenvalue weighted by Crippen LogP contribution is -2.23. The van der Waals surface area contributed by atoms with Crippen molar-refractivity contribution in [1.82, 2.24) is 9.78 Å². The highest BCUT2D eigenvalue weighted by Gasteiger charge is 2.07. The number of benzene rings is 1. The molecule has 0 spiro atoms. The summed E-state index contributed by atoms with van der Waals surface area (Å²) in [5.74, 6) is 1.01. The van der Waals surface area contributed by atoms with Crippen LogP contribution in [0.2, 0.25) is 0 Å². The number of aromatic nitrogens is 2. The van der Waals surface area contributed by atoms with E-state index >= 15 is 0 Å². The van der Waals surface area contributed by atoms with Gasteiger partial charge in [-0.2, -0.15) is 5.10 Å². The summed E-state index contributed by atoms with van der Waals surface area (Å²) >= 11 is 5.78. The molecule has 0 radical (unpaired) electrons. The monoisotopic (exact) mass is 292 g/mol. The van der Waals surface area contributed by atoms with E-state index in [9.17, 15) is 4.79 Å². The van der Waals surface area contributed by atoms with Crippen molar-refractivity contribution in [1.29, 1.82) is 0 Å². The van der Waals surface area contributed by atoms with Gasteiger partial charge >= 0.3 is 0 Å². The van der Waals surface area contributed by atoms with E-state index < -0.39 is 0 Å². The maximum atomic E-state index is 11.8. The zero-order valence-electron chi connectivity index (χ0n) is 11.6. The zero-order valence-corrected chi connectivity index (χ0v) is 12.4. The lowest BCUT2D eigenvalue weighted by atomic mass is 10.1. The number of nitrogens with zero attached hydrogens (tertiary/aromatic N) is 2. The second-order valence-corrected chi connectivity index (χ2v) is 4.76. The van der Waals surface area contributed by atoms with Gasteiger partial charge in [-0.05, 0) is 36.8 Å². The van der Waals surface area contributed by atoms with Crippen LogP contribution in [0.5, 0.6) is 5.75 Å². The Kier molecular flexibility index (Phi) is 4.79. The second-order valence-electron chi connectivity index (χ2n) is 4.49. The molecule has 2 aromatic rings. The van der Waals surface area contributed by atoms with Crippen molar-refractivity contribution in [2.45, 2.75) is 19.2 Å². The van der Waals surface area contributed by atoms with E-state index in [0.717, 1.165) is 23.4 Å². The molecule has 0 aliphatic carbocycles. The molecule has 0 saturated heterocycles. The Morgan fingerprint density at radius 1 is 1.30 bits per heavy atom. The van der Waals surface area contributed by atoms with Crippen molar-refractivity contribution >= 4 is 11.6 Å². The van der Waals surface area contributed by atoms with Crippen LogP contribution < -0.4 is 10.3 Å². The van der Waals surface area contributed by atoms with E-state index in [1.54, 1.807) is 13.1 Å². The number of halogens is 1. The van der Waals surface area contributed by atoms with Crippen LogP contribution >= 0.6 is 11.6 Å². The molecule has 1 aromatic carbocycles. The molecule has 1 aromatic heterocycles. The van der Waals surface area contributed by atoms with Gasteiger partial charge < -0.3 is 4.74 Å². The molecule has 20 heavy (non-hydrogen) atoms. The van der Waals surface area contributed by atoms with E-state index in [2.05, 4.69) is 12.0 Å². The van der Waals surface area contributed by atoms with Gasteiger partial charge in [0, 0.05) is 18.2 Å². The fourth-order valence-electron chi connectivity index (χ4n) is 1.85. The highest BCUT2D eigenvalue weighted by atomic mass is 35.5. The first-order valence-corrected chi connectivity index (χ1v) is 7.05. The van der Waals surface area contributed by atoms with Gasteiger partial charge in [0.05, 0.1) is 18.2 Å². The normalized spacial score (nSPS) is 10.6. The predicted molar refractivity (Wildman–Crippen MR) is 80.3 cm³/mol. The molecule has 5 heteroatoms. The third-order valence-corrected chi connectivity index (χ3v) is 3.19. The van der Waals surface area contributed by atoms with Gasteiger partial charge in [0.1, 0.15) is 5.75 Å². The van der Waals surface area contributed by atoms with Gasteiger partial charge in [0.15, 0.2) is 0 Å². The molecule has 2 rings (SSSR count). The van der Waals surface area contributed by atoms with Crippen LogP contribution in [0.3, 0.4) is 0 Å². The zero-order chi connectivity index (χ0) is 14.5. The summed E-state index contributed by atoms with van der Waals surface area (Å²) in [5.41, 5.74) is 2.04. The fourth-order valence-corrected chi connectivity index (χ4v) is 2.04. The largest absolute Gasteiger partial charge is 0.494 e. The number of hydrogen-bond acceptors (Lipinski definition) is 3. The highest BCUT2D eigenvalue weighted by Crippen LogP contribution is 2.21. The molecule has 0 aliphatic heterocycles. The van der Waals surface area contributed by atoms with Gasteiger partial charge in [0.2, 0.25) is 0 Å². The number of rotatable bonds is 5. The van der Waals surface area contributed by atoms with Gasteiger partial charge in [0.25, 0.3) is 5.56 Å². The van der Waals surface area contributed by atoms with Crippen LogP contribution in [-0.2, 0) is 12.9 Å². The van der Waals surface area contributed by atoms with E-state index in [0.29, 0.717) is 12.2 Å². The van der Waals surface area contributed by atoms with Crippen molar-refractivity contribution in [2.75, 3.05) is 6.61 Å². The quantitative estimate of drug-likeness (QED) is 0.796. The number of alkyl halides is 1. The Labute approximate surface area is 123 Å². The topological polar surface area (TPSA) is 44.1 Å². The molecule has 0 saturated carbocycles. The smallest absolute Gasteiger partial charge is 0.270 e. The van der Waals surface area contributed by atoms with Gasteiger partial charge in [-0.1, -0.05) is 6.92 Å². The number of ether oxygens (including phenoxy) is 1. The van der Waals surface area contributed by atoms with Crippen molar-refractivity contribution in [3.05, 3.63) is 46.2 Å². The van der Waals surface area contributed by atoms with Crippen LogP contribution in [0, 0.1) is 0 Å². The molecule has 0 fully saturated rings. The molecule has 1 heterocycles. The first-order valence-electron chi connectivity index (χ1n) is 6.52. The molecular weight excluding hydrogens is 276 g/mol. The summed E-state index contributed by atoms with van der Waals surface area (Å²) in [6.07, 6.45) is 0.975. The molecular formula is C15H17ClN2O2. The van der Waals surface area contributed by atoms with Gasteiger partial charge in [-0.3, -0.25) is 4.79 Å². The minimum atomic E-state index is -0.161. The number of hydrogen-bond donors (Lipinski definition) is 0. The highest BCUT2D eigenvalue weighted by molar-refractivity contribution is 6.17. The van der Waals surface area contributed by atoms with E-state index in [4.69, 9.17) is 16.3 Å². The van der Waals surface area contributed by atoms with Gasteiger partial charge in [-0.25, -0.2) is 4.68 Å². The summed E-state index contributed by atoms with van der Waals surface area (Å²) in [4.78, 5) is 11.8. The minimum Gasteiger partial charge on any atom is -0.494 e. The lowest BCUT2D eigenvalue weighted by molar-refractivity contribution is 0.317. The maximum absolute atomic E-state index is 11.8. The summed E-state index contributed by atoms with van der Waals surface area (Å²) < 4.78 is 6.85. The van der Waals surface area contributed by atoms with Crippen LogP contribution in [0.15, 0.2) is 35.1 Å². The van der Waals surface area contributed by atoms with Crippen molar-refractivity contribution in [2.24, 2.45) is 7.05 Å². The van der Waals surface area contributed by atoms with E-state index in [1.807, 2.05) is 24.3 Å². The van der Waals surface area contributed by atoms with Crippen molar-refractivity contribution in [3.8, 4) is 17.0 Å². The Balaban J connectivity index is 2.32. The van der Waals surface area contributed by atoms with Gasteiger partial charge in [-0.15, -0.1) is 11.6 Å². The Hall–Kier alpha value is -1.81. The Morgan fingerprint density at radius 2 is 2.00 bits per heavy atom. The first kappa shape index (κ1) is 14.6. The summed E-state index contributed by atoms with van der Waals surface area (Å²) in [5, 5.41) is 4.25. The SMILES string of the molecule is CCCOc1ccc(-c2cc(CCl)c(=O)n(C)n2)cc1. The van der Waals surface area contributed by atoms with Crippen LogP contribution in [-0.4, -0.2) is 16.4 Å². The van der Waals surface area contributed by atoms with Crippen LogP contribution in [0.25, 0.3) is 11.3 Å². The average molecular weight is 293 g/mol. The van der Waals surface area contributed by atoms with E-state index in [-0.39, 0.29) is 11.4 Å². The standard InChI is InChI=1S/C15H17ClN2O2/c1-3-8-20-13-6-4-11(5-7-13)14-9-12(10-16)15(19)18(2)17-14/h4-7,9H,3,8,10H2,1-2H3. The summed E-state index contributed by atoms with van der Waals surface area (Å²) in [7, 11) is 1.63. The van der Waals surface area contributed by atoms with Crippen molar-refractivity contribution in [3.63, 3.8) is 0 Å². The maximum Gasteiger partial charge on any atom is 0.270 e. The Morgan fingerprint density at radius 3 is 2.60 bits per heavy atom. The molecule has 4 nitrogen and oxygen atoms in total.